The molecule has 6 heteroatoms. The molecular formula is C15H28N4O2. The van der Waals surface area contributed by atoms with Gasteiger partial charge in [-0.15, -0.1) is 0 Å². The summed E-state index contributed by atoms with van der Waals surface area (Å²) in [5.74, 6) is 0.512. The SMILES string of the molecule is CNCC1CCN(CC(=O)NC(=O)NC2CCCC2)CC1. The normalized spacial score (nSPS) is 21.4. The number of imide groups is 1. The van der Waals surface area contributed by atoms with Crippen molar-refractivity contribution in [1.29, 1.82) is 0 Å². The molecule has 2 aliphatic rings. The van der Waals surface area contributed by atoms with Crippen molar-refractivity contribution >= 4 is 11.9 Å². The molecule has 2 fully saturated rings. The van der Waals surface area contributed by atoms with Crippen LogP contribution < -0.4 is 16.0 Å². The van der Waals surface area contributed by atoms with Crippen LogP contribution >= 0.6 is 0 Å². The van der Waals surface area contributed by atoms with Gasteiger partial charge in [-0.05, 0) is 58.3 Å². The zero-order valence-corrected chi connectivity index (χ0v) is 13.0. The van der Waals surface area contributed by atoms with Crippen molar-refractivity contribution in [2.75, 3.05) is 33.2 Å². The average molecular weight is 296 g/mol. The van der Waals surface area contributed by atoms with Crippen LogP contribution in [0.5, 0.6) is 0 Å². The van der Waals surface area contributed by atoms with Crippen LogP contribution in [-0.4, -0.2) is 56.1 Å². The molecule has 0 aromatic carbocycles. The van der Waals surface area contributed by atoms with E-state index in [9.17, 15) is 9.59 Å². The summed E-state index contributed by atoms with van der Waals surface area (Å²) in [5.41, 5.74) is 0. The first-order valence-corrected chi connectivity index (χ1v) is 8.14. The van der Waals surface area contributed by atoms with Gasteiger partial charge in [0, 0.05) is 6.04 Å². The highest BCUT2D eigenvalue weighted by atomic mass is 16.2. The van der Waals surface area contributed by atoms with E-state index in [4.69, 9.17) is 0 Å². The average Bonchev–Trinajstić information content (AvgIpc) is 2.93. The first kappa shape index (κ1) is 16.2. The molecule has 0 aromatic rings. The number of amides is 3. The third kappa shape index (κ3) is 5.63. The van der Waals surface area contributed by atoms with Crippen LogP contribution in [0.4, 0.5) is 4.79 Å². The van der Waals surface area contributed by atoms with E-state index in [1.165, 1.54) is 12.8 Å². The Labute approximate surface area is 127 Å². The number of urea groups is 1. The lowest BCUT2D eigenvalue weighted by Crippen LogP contribution is -2.48. The molecule has 1 heterocycles. The second kappa shape index (κ2) is 8.34. The zero-order chi connectivity index (χ0) is 15.1. The van der Waals surface area contributed by atoms with Gasteiger partial charge in [-0.3, -0.25) is 15.0 Å². The lowest BCUT2D eigenvalue weighted by atomic mass is 9.97. The zero-order valence-electron chi connectivity index (χ0n) is 13.0. The smallest absolute Gasteiger partial charge is 0.321 e. The molecule has 0 bridgehead atoms. The number of piperidine rings is 1. The van der Waals surface area contributed by atoms with Crippen LogP contribution in [0.2, 0.25) is 0 Å². The van der Waals surface area contributed by atoms with E-state index in [-0.39, 0.29) is 18.0 Å². The molecule has 1 saturated heterocycles. The number of carbonyl (C=O) groups excluding carboxylic acids is 2. The largest absolute Gasteiger partial charge is 0.335 e. The lowest BCUT2D eigenvalue weighted by molar-refractivity contribution is -0.121. The van der Waals surface area contributed by atoms with Crippen molar-refractivity contribution in [2.24, 2.45) is 5.92 Å². The molecule has 2 rings (SSSR count). The predicted molar refractivity (Wildman–Crippen MR) is 82.0 cm³/mol. The highest BCUT2D eigenvalue weighted by Gasteiger charge is 2.22. The van der Waals surface area contributed by atoms with Gasteiger partial charge < -0.3 is 10.6 Å². The third-order valence-electron chi connectivity index (χ3n) is 4.51. The van der Waals surface area contributed by atoms with Crippen LogP contribution in [0.25, 0.3) is 0 Å². The monoisotopic (exact) mass is 296 g/mol. The van der Waals surface area contributed by atoms with E-state index in [1.807, 2.05) is 7.05 Å². The van der Waals surface area contributed by atoms with Gasteiger partial charge in [0.2, 0.25) is 5.91 Å². The summed E-state index contributed by atoms with van der Waals surface area (Å²) >= 11 is 0. The summed E-state index contributed by atoms with van der Waals surface area (Å²) in [6, 6.07) is -0.0907. The third-order valence-corrected chi connectivity index (χ3v) is 4.51. The number of hydrogen-bond donors (Lipinski definition) is 3. The van der Waals surface area contributed by atoms with Crippen LogP contribution in [0.3, 0.4) is 0 Å². The number of carbonyl (C=O) groups is 2. The minimum atomic E-state index is -0.336. The van der Waals surface area contributed by atoms with Gasteiger partial charge in [0.25, 0.3) is 0 Å². The Bertz CT molecular complexity index is 348. The Balaban J connectivity index is 1.62. The fraction of sp³-hybridized carbons (Fsp3) is 0.867. The van der Waals surface area contributed by atoms with E-state index in [2.05, 4.69) is 20.9 Å². The van der Waals surface area contributed by atoms with Gasteiger partial charge >= 0.3 is 6.03 Å². The number of nitrogens with one attached hydrogen (secondary N) is 3. The van der Waals surface area contributed by atoms with E-state index >= 15 is 0 Å². The summed E-state index contributed by atoms with van der Waals surface area (Å²) < 4.78 is 0. The summed E-state index contributed by atoms with van der Waals surface area (Å²) in [6.07, 6.45) is 6.62. The fourth-order valence-electron chi connectivity index (χ4n) is 3.30. The minimum absolute atomic E-state index is 0.197. The first-order valence-electron chi connectivity index (χ1n) is 8.14. The molecule has 3 N–H and O–H groups in total. The molecule has 3 amide bonds. The Kier molecular flexibility index (Phi) is 6.45. The molecule has 21 heavy (non-hydrogen) atoms. The lowest BCUT2D eigenvalue weighted by Gasteiger charge is -2.31. The van der Waals surface area contributed by atoms with E-state index in [0.717, 1.165) is 45.3 Å². The van der Waals surface area contributed by atoms with Crippen molar-refractivity contribution in [3.63, 3.8) is 0 Å². The molecule has 0 spiro atoms. The summed E-state index contributed by atoms with van der Waals surface area (Å²) in [6.45, 7) is 3.24. The fourth-order valence-corrected chi connectivity index (χ4v) is 3.30. The molecule has 1 aliphatic heterocycles. The highest BCUT2D eigenvalue weighted by Crippen LogP contribution is 2.17. The molecule has 0 aromatic heterocycles. The highest BCUT2D eigenvalue weighted by molar-refractivity contribution is 5.95. The van der Waals surface area contributed by atoms with Gasteiger partial charge in [0.15, 0.2) is 0 Å². The second-order valence-corrected chi connectivity index (χ2v) is 6.28. The standard InChI is InChI=1S/C15H28N4O2/c1-16-10-12-6-8-19(9-7-12)11-14(20)18-15(21)17-13-4-2-3-5-13/h12-13,16H,2-11H2,1H3,(H2,17,18,20,21). The summed E-state index contributed by atoms with van der Waals surface area (Å²) in [7, 11) is 1.97. The maximum absolute atomic E-state index is 11.9. The topological polar surface area (TPSA) is 73.5 Å². The van der Waals surface area contributed by atoms with Gasteiger partial charge in [0.05, 0.1) is 6.54 Å². The maximum atomic E-state index is 11.9. The van der Waals surface area contributed by atoms with Crippen molar-refractivity contribution < 1.29 is 9.59 Å². The van der Waals surface area contributed by atoms with Crippen LogP contribution in [0.1, 0.15) is 38.5 Å². The van der Waals surface area contributed by atoms with Crippen molar-refractivity contribution in [1.82, 2.24) is 20.9 Å². The van der Waals surface area contributed by atoms with E-state index < -0.39 is 0 Å². The maximum Gasteiger partial charge on any atom is 0.321 e. The van der Waals surface area contributed by atoms with E-state index in [1.54, 1.807) is 0 Å². The van der Waals surface area contributed by atoms with Gasteiger partial charge in [-0.1, -0.05) is 12.8 Å². The predicted octanol–water partition coefficient (Wildman–Crippen LogP) is 0.686. The number of likely N-dealkylation sites (tertiary alicyclic amines) is 1. The van der Waals surface area contributed by atoms with Crippen molar-refractivity contribution in [3.8, 4) is 0 Å². The summed E-state index contributed by atoms with van der Waals surface area (Å²) in [4.78, 5) is 25.7. The Morgan fingerprint density at radius 1 is 1.10 bits per heavy atom. The van der Waals surface area contributed by atoms with Crippen molar-refractivity contribution in [3.05, 3.63) is 0 Å². The van der Waals surface area contributed by atoms with E-state index in [0.29, 0.717) is 12.5 Å². The van der Waals surface area contributed by atoms with Crippen LogP contribution in [0, 0.1) is 5.92 Å². The van der Waals surface area contributed by atoms with Gasteiger partial charge in [0.1, 0.15) is 0 Å². The molecule has 1 aliphatic carbocycles. The second-order valence-electron chi connectivity index (χ2n) is 6.28. The van der Waals surface area contributed by atoms with Crippen LogP contribution in [-0.2, 0) is 4.79 Å². The summed E-state index contributed by atoms with van der Waals surface area (Å²) in [5, 5.41) is 8.52. The molecule has 6 nitrogen and oxygen atoms in total. The molecule has 0 atom stereocenters. The number of nitrogens with zero attached hydrogens (tertiary/aromatic N) is 1. The van der Waals surface area contributed by atoms with Crippen LogP contribution in [0.15, 0.2) is 0 Å². The first-order chi connectivity index (χ1) is 10.2. The Morgan fingerprint density at radius 3 is 2.38 bits per heavy atom. The number of rotatable bonds is 5. The quantitative estimate of drug-likeness (QED) is 0.698. The van der Waals surface area contributed by atoms with Crippen molar-refractivity contribution in [2.45, 2.75) is 44.6 Å². The minimum Gasteiger partial charge on any atom is -0.335 e. The molecule has 120 valence electrons. The molecule has 0 unspecified atom stereocenters. The van der Waals surface area contributed by atoms with Gasteiger partial charge in [-0.2, -0.15) is 0 Å². The van der Waals surface area contributed by atoms with Gasteiger partial charge in [-0.25, -0.2) is 4.79 Å². The number of hydrogen-bond acceptors (Lipinski definition) is 4. The molecule has 1 saturated carbocycles. The Hall–Kier alpha value is -1.14. The molecule has 0 radical (unpaired) electrons. The molecular weight excluding hydrogens is 268 g/mol. The Morgan fingerprint density at radius 2 is 1.76 bits per heavy atom.